The maximum absolute atomic E-state index is 4.05. The highest BCUT2D eigenvalue weighted by molar-refractivity contribution is 4.90. The molecule has 1 nitrogen and oxygen atoms in total. The minimum atomic E-state index is 0.782. The largest absolute Gasteiger partial charge is 0.389 e. The molecule has 0 spiro atoms. The molecule has 15 heavy (non-hydrogen) atoms. The molecule has 1 heteroatoms. The summed E-state index contributed by atoms with van der Waals surface area (Å²) in [4.78, 5) is 0. The molecule has 0 atom stereocenters. The van der Waals surface area contributed by atoms with Crippen molar-refractivity contribution in [3.8, 4) is 0 Å². The minimum absolute atomic E-state index is 0.782. The third kappa shape index (κ3) is 11.5. The fourth-order valence-corrected chi connectivity index (χ4v) is 1.49. The Morgan fingerprint density at radius 1 is 1.00 bits per heavy atom. The van der Waals surface area contributed by atoms with Crippen LogP contribution in [-0.4, -0.2) is 6.54 Å². The van der Waals surface area contributed by atoms with Gasteiger partial charge in [0, 0.05) is 12.2 Å². The van der Waals surface area contributed by atoms with Crippen LogP contribution in [0.25, 0.3) is 0 Å². The number of hydrogen-bond donors (Lipinski definition) is 1. The Balaban J connectivity index is 3.24. The molecule has 0 unspecified atom stereocenters. The summed E-state index contributed by atoms with van der Waals surface area (Å²) >= 11 is 0. The van der Waals surface area contributed by atoms with E-state index in [4.69, 9.17) is 0 Å². The molecule has 0 aromatic heterocycles. The van der Waals surface area contributed by atoms with Crippen LogP contribution >= 0.6 is 0 Å². The Kier molecular flexibility index (Phi) is 8.55. The van der Waals surface area contributed by atoms with Gasteiger partial charge < -0.3 is 5.32 Å². The van der Waals surface area contributed by atoms with Crippen molar-refractivity contribution in [2.24, 2.45) is 11.8 Å². The highest BCUT2D eigenvalue weighted by Gasteiger charge is 1.98. The molecule has 1 N–H and O–H groups in total. The lowest BCUT2D eigenvalue weighted by Gasteiger charge is -2.11. The summed E-state index contributed by atoms with van der Waals surface area (Å²) < 4.78 is 0. The number of nitrogens with one attached hydrogen (secondary N) is 1. The molecule has 0 saturated carbocycles. The number of allylic oxidation sites excluding steroid dienone is 1. The van der Waals surface area contributed by atoms with Crippen LogP contribution in [-0.2, 0) is 0 Å². The first kappa shape index (κ1) is 14.5. The van der Waals surface area contributed by atoms with Crippen molar-refractivity contribution in [3.63, 3.8) is 0 Å². The maximum Gasteiger partial charge on any atom is 0.0143 e. The fourth-order valence-electron chi connectivity index (χ4n) is 1.49. The molecular formula is C14H29N. The van der Waals surface area contributed by atoms with Crippen LogP contribution in [0.3, 0.4) is 0 Å². The van der Waals surface area contributed by atoms with Gasteiger partial charge in [-0.05, 0) is 31.1 Å². The maximum atomic E-state index is 4.05. The van der Waals surface area contributed by atoms with Gasteiger partial charge in [-0.25, -0.2) is 0 Å². The zero-order valence-corrected chi connectivity index (χ0v) is 11.1. The predicted molar refractivity (Wildman–Crippen MR) is 69.9 cm³/mol. The predicted octanol–water partition coefficient (Wildman–Crippen LogP) is 4.35. The molecule has 0 aromatic rings. The lowest BCUT2D eigenvalue weighted by Crippen LogP contribution is -2.14. The number of unbranched alkanes of at least 4 members (excludes halogenated alkanes) is 1. The first-order chi connectivity index (χ1) is 7.02. The number of rotatable bonds is 9. The minimum Gasteiger partial charge on any atom is -0.389 e. The Hall–Kier alpha value is -0.460. The van der Waals surface area contributed by atoms with Gasteiger partial charge >= 0.3 is 0 Å². The quantitative estimate of drug-likeness (QED) is 0.559. The molecule has 0 bridgehead atoms. The normalized spacial score (nSPS) is 11.1. The Morgan fingerprint density at radius 3 is 2.13 bits per heavy atom. The van der Waals surface area contributed by atoms with Crippen molar-refractivity contribution < 1.29 is 0 Å². The van der Waals surface area contributed by atoms with E-state index in [1.165, 1.54) is 31.4 Å². The van der Waals surface area contributed by atoms with Crippen LogP contribution in [0.15, 0.2) is 12.3 Å². The molecule has 90 valence electrons. The molecule has 0 heterocycles. The summed E-state index contributed by atoms with van der Waals surface area (Å²) in [5, 5.41) is 3.42. The van der Waals surface area contributed by atoms with Crippen molar-refractivity contribution in [1.82, 2.24) is 5.32 Å². The van der Waals surface area contributed by atoms with Crippen LogP contribution < -0.4 is 5.32 Å². The van der Waals surface area contributed by atoms with Crippen molar-refractivity contribution in [3.05, 3.63) is 12.3 Å². The van der Waals surface area contributed by atoms with Gasteiger partial charge in [0.15, 0.2) is 0 Å². The van der Waals surface area contributed by atoms with E-state index in [-0.39, 0.29) is 0 Å². The van der Waals surface area contributed by atoms with Gasteiger partial charge in [0.2, 0.25) is 0 Å². The first-order valence-electron chi connectivity index (χ1n) is 6.44. The van der Waals surface area contributed by atoms with E-state index in [0.29, 0.717) is 0 Å². The molecular weight excluding hydrogens is 182 g/mol. The van der Waals surface area contributed by atoms with E-state index in [0.717, 1.165) is 24.8 Å². The zero-order valence-electron chi connectivity index (χ0n) is 11.1. The summed E-state index contributed by atoms with van der Waals surface area (Å²) in [6.45, 7) is 14.2. The summed E-state index contributed by atoms with van der Waals surface area (Å²) in [5.41, 5.74) is 1.22. The molecule has 0 amide bonds. The Labute approximate surface area is 96.3 Å². The second-order valence-corrected chi connectivity index (χ2v) is 5.35. The number of hydrogen-bond acceptors (Lipinski definition) is 1. The fraction of sp³-hybridized carbons (Fsp3) is 0.857. The molecule has 0 aliphatic carbocycles. The van der Waals surface area contributed by atoms with Gasteiger partial charge in [-0.3, -0.25) is 0 Å². The highest BCUT2D eigenvalue weighted by Crippen LogP contribution is 2.08. The lowest BCUT2D eigenvalue weighted by molar-refractivity contribution is 0.522. The van der Waals surface area contributed by atoms with Gasteiger partial charge in [-0.1, -0.05) is 47.1 Å². The summed E-state index contributed by atoms with van der Waals surface area (Å²) in [7, 11) is 0. The second-order valence-electron chi connectivity index (χ2n) is 5.35. The van der Waals surface area contributed by atoms with Crippen molar-refractivity contribution in [2.45, 2.75) is 59.8 Å². The zero-order chi connectivity index (χ0) is 11.7. The molecule has 0 rings (SSSR count). The summed E-state index contributed by atoms with van der Waals surface area (Å²) in [5.74, 6) is 1.62. The van der Waals surface area contributed by atoms with Crippen molar-refractivity contribution in [2.75, 3.05) is 6.54 Å². The average molecular weight is 211 g/mol. The third-order valence-electron chi connectivity index (χ3n) is 2.61. The Morgan fingerprint density at radius 2 is 1.60 bits per heavy atom. The van der Waals surface area contributed by atoms with Gasteiger partial charge in [-0.2, -0.15) is 0 Å². The van der Waals surface area contributed by atoms with Crippen LogP contribution in [0.4, 0.5) is 0 Å². The molecule has 0 aromatic carbocycles. The van der Waals surface area contributed by atoms with Crippen LogP contribution in [0.5, 0.6) is 0 Å². The van der Waals surface area contributed by atoms with E-state index in [1.54, 1.807) is 0 Å². The molecule has 0 radical (unpaired) electrons. The van der Waals surface area contributed by atoms with E-state index >= 15 is 0 Å². The monoisotopic (exact) mass is 211 g/mol. The van der Waals surface area contributed by atoms with E-state index in [9.17, 15) is 0 Å². The first-order valence-corrected chi connectivity index (χ1v) is 6.44. The van der Waals surface area contributed by atoms with E-state index in [1.807, 2.05) is 0 Å². The standard InChI is InChI=1S/C14H29N/c1-12(2)8-6-7-11-15-14(5)10-9-13(3)4/h12-13,15H,5-11H2,1-4H3. The van der Waals surface area contributed by atoms with Crippen LogP contribution in [0.1, 0.15) is 59.8 Å². The molecule has 0 saturated heterocycles. The molecule has 0 aliphatic heterocycles. The van der Waals surface area contributed by atoms with Crippen LogP contribution in [0.2, 0.25) is 0 Å². The average Bonchev–Trinajstić information content (AvgIpc) is 2.13. The SMILES string of the molecule is C=C(CCC(C)C)NCCCCC(C)C. The third-order valence-corrected chi connectivity index (χ3v) is 2.61. The second kappa shape index (κ2) is 8.82. The molecule has 0 fully saturated rings. The van der Waals surface area contributed by atoms with Gasteiger partial charge in [0.1, 0.15) is 0 Å². The van der Waals surface area contributed by atoms with Gasteiger partial charge in [0.25, 0.3) is 0 Å². The highest BCUT2D eigenvalue weighted by atomic mass is 14.9. The van der Waals surface area contributed by atoms with Gasteiger partial charge in [-0.15, -0.1) is 0 Å². The Bertz CT molecular complexity index is 159. The van der Waals surface area contributed by atoms with Crippen LogP contribution in [0, 0.1) is 11.8 Å². The lowest BCUT2D eigenvalue weighted by atomic mass is 10.1. The van der Waals surface area contributed by atoms with E-state index < -0.39 is 0 Å². The molecule has 0 aliphatic rings. The van der Waals surface area contributed by atoms with Crippen molar-refractivity contribution >= 4 is 0 Å². The smallest absolute Gasteiger partial charge is 0.0143 e. The summed E-state index contributed by atoms with van der Waals surface area (Å²) in [6, 6.07) is 0. The summed E-state index contributed by atoms with van der Waals surface area (Å²) in [6.07, 6.45) is 6.33. The van der Waals surface area contributed by atoms with E-state index in [2.05, 4.69) is 39.6 Å². The van der Waals surface area contributed by atoms with Crippen molar-refractivity contribution in [1.29, 1.82) is 0 Å². The topological polar surface area (TPSA) is 12.0 Å². The van der Waals surface area contributed by atoms with Gasteiger partial charge in [0.05, 0.1) is 0 Å².